The largest absolute Gasteiger partial charge is 0.487 e. The van der Waals surface area contributed by atoms with Crippen molar-refractivity contribution in [1.82, 2.24) is 5.48 Å². The Morgan fingerprint density at radius 1 is 1.53 bits per heavy atom. The predicted molar refractivity (Wildman–Crippen MR) is 71.4 cm³/mol. The van der Waals surface area contributed by atoms with Crippen molar-refractivity contribution >= 4 is 27.5 Å². The molecule has 0 radical (unpaired) electrons. The number of fused-ring (bicyclic) bond motifs is 1. The van der Waals surface area contributed by atoms with Crippen LogP contribution < -0.4 is 10.2 Å². The summed E-state index contributed by atoms with van der Waals surface area (Å²) in [6.07, 6.45) is 2.12. The second-order valence-electron chi connectivity index (χ2n) is 4.05. The molecule has 2 unspecified atom stereocenters. The lowest BCUT2D eigenvalue weighted by Crippen LogP contribution is -2.30. The van der Waals surface area contributed by atoms with Crippen LogP contribution in [0, 0.1) is 0 Å². The Balaban J connectivity index is 2.35. The molecule has 94 valence electrons. The average Bonchev–Trinajstić information content (AvgIpc) is 2.59. The lowest BCUT2D eigenvalue weighted by molar-refractivity contribution is 0.0268. The minimum absolute atomic E-state index is 0.0324. The fourth-order valence-corrected chi connectivity index (χ4v) is 3.06. The van der Waals surface area contributed by atoms with Crippen LogP contribution in [-0.2, 0) is 4.84 Å². The van der Waals surface area contributed by atoms with Gasteiger partial charge >= 0.3 is 0 Å². The summed E-state index contributed by atoms with van der Waals surface area (Å²) in [5.74, 6) is 0.863. The zero-order valence-corrected chi connectivity index (χ0v) is 12.1. The van der Waals surface area contributed by atoms with Gasteiger partial charge in [-0.3, -0.25) is 0 Å². The van der Waals surface area contributed by atoms with Gasteiger partial charge in [0.05, 0.1) is 17.6 Å². The molecule has 1 aliphatic heterocycles. The molecule has 0 bridgehead atoms. The maximum atomic E-state index is 6.06. The first-order valence-electron chi connectivity index (χ1n) is 5.61. The van der Waals surface area contributed by atoms with Crippen LogP contribution in [-0.4, -0.2) is 13.2 Å². The molecule has 3 nitrogen and oxygen atoms in total. The fraction of sp³-hybridized carbons (Fsp3) is 0.500. The Labute approximate surface area is 115 Å². The van der Waals surface area contributed by atoms with Crippen molar-refractivity contribution < 1.29 is 9.57 Å². The molecule has 1 aliphatic rings. The van der Waals surface area contributed by atoms with Gasteiger partial charge in [-0.1, -0.05) is 24.9 Å². The first kappa shape index (κ1) is 13.1. The van der Waals surface area contributed by atoms with Gasteiger partial charge in [-0.15, -0.1) is 0 Å². The molecule has 0 saturated heterocycles. The normalized spacial score (nSPS) is 22.4. The zero-order chi connectivity index (χ0) is 12.4. The van der Waals surface area contributed by atoms with E-state index >= 15 is 0 Å². The third-order valence-electron chi connectivity index (χ3n) is 2.83. The van der Waals surface area contributed by atoms with Gasteiger partial charge in [0.2, 0.25) is 0 Å². The van der Waals surface area contributed by atoms with E-state index in [9.17, 15) is 0 Å². The van der Waals surface area contributed by atoms with E-state index in [1.165, 1.54) is 0 Å². The molecule has 0 amide bonds. The van der Waals surface area contributed by atoms with Crippen molar-refractivity contribution in [2.45, 2.75) is 31.9 Å². The van der Waals surface area contributed by atoms with Crippen molar-refractivity contribution in [1.29, 1.82) is 0 Å². The summed E-state index contributed by atoms with van der Waals surface area (Å²) in [5, 5.41) is 0.694. The minimum atomic E-state index is 0.0324. The molecule has 0 saturated carbocycles. The Morgan fingerprint density at radius 3 is 2.94 bits per heavy atom. The average molecular weight is 321 g/mol. The highest BCUT2D eigenvalue weighted by Gasteiger charge is 2.35. The molecule has 0 aliphatic carbocycles. The van der Waals surface area contributed by atoms with E-state index in [2.05, 4.69) is 28.3 Å². The second-order valence-corrected chi connectivity index (χ2v) is 5.34. The van der Waals surface area contributed by atoms with Crippen LogP contribution in [0.15, 0.2) is 16.6 Å². The summed E-state index contributed by atoms with van der Waals surface area (Å²) < 4.78 is 6.84. The van der Waals surface area contributed by atoms with Crippen molar-refractivity contribution in [3.63, 3.8) is 0 Å². The van der Waals surface area contributed by atoms with Gasteiger partial charge in [-0.25, -0.2) is 0 Å². The molecule has 1 aromatic rings. The Kier molecular flexibility index (Phi) is 4.31. The van der Waals surface area contributed by atoms with Crippen LogP contribution in [0.2, 0.25) is 5.02 Å². The first-order valence-corrected chi connectivity index (χ1v) is 6.78. The molecule has 0 spiro atoms. The van der Waals surface area contributed by atoms with Crippen LogP contribution in [0.5, 0.6) is 5.75 Å². The topological polar surface area (TPSA) is 30.5 Å². The van der Waals surface area contributed by atoms with Gasteiger partial charge in [-0.2, -0.15) is 5.48 Å². The molecule has 1 N–H and O–H groups in total. The second kappa shape index (κ2) is 5.57. The van der Waals surface area contributed by atoms with Crippen LogP contribution in [0.3, 0.4) is 0 Å². The molecule has 1 heterocycles. The molecule has 17 heavy (non-hydrogen) atoms. The first-order chi connectivity index (χ1) is 8.17. The van der Waals surface area contributed by atoms with E-state index < -0.39 is 0 Å². The minimum Gasteiger partial charge on any atom is -0.487 e. The summed E-state index contributed by atoms with van der Waals surface area (Å²) in [4.78, 5) is 5.05. The number of nitrogens with one attached hydrogen (secondary N) is 1. The van der Waals surface area contributed by atoms with E-state index in [1.54, 1.807) is 7.11 Å². The molecule has 5 heteroatoms. The molecule has 0 aromatic heterocycles. The predicted octanol–water partition coefficient (Wildman–Crippen LogP) is 3.86. The lowest BCUT2D eigenvalue weighted by Gasteiger charge is -2.18. The van der Waals surface area contributed by atoms with Gasteiger partial charge in [0.1, 0.15) is 11.9 Å². The standard InChI is InChI=1S/C12H15BrClNO2/c1-3-4-10-11(15-16-2)8-5-7(14)6-9(13)12(8)17-10/h5-6,10-11,15H,3-4H2,1-2H3. The lowest BCUT2D eigenvalue weighted by atomic mass is 10.0. The summed E-state index contributed by atoms with van der Waals surface area (Å²) in [6.45, 7) is 2.14. The number of ether oxygens (including phenoxy) is 1. The Hall–Kier alpha value is -0.290. The van der Waals surface area contributed by atoms with E-state index in [4.69, 9.17) is 21.2 Å². The van der Waals surface area contributed by atoms with Gasteiger partial charge in [0.15, 0.2) is 0 Å². The van der Waals surface area contributed by atoms with Crippen LogP contribution in [0.1, 0.15) is 31.4 Å². The maximum absolute atomic E-state index is 6.06. The van der Waals surface area contributed by atoms with E-state index in [1.807, 2.05) is 12.1 Å². The van der Waals surface area contributed by atoms with Crippen LogP contribution in [0.4, 0.5) is 0 Å². The Bertz CT molecular complexity index is 414. The number of rotatable bonds is 4. The monoisotopic (exact) mass is 319 g/mol. The summed E-state index contributed by atoms with van der Waals surface area (Å²) >= 11 is 9.54. The number of hydroxylamine groups is 1. The van der Waals surface area contributed by atoms with Crippen LogP contribution in [0.25, 0.3) is 0 Å². The molecule has 2 rings (SSSR count). The number of hydrogen-bond acceptors (Lipinski definition) is 3. The van der Waals surface area contributed by atoms with Crippen LogP contribution >= 0.6 is 27.5 Å². The van der Waals surface area contributed by atoms with Crippen molar-refractivity contribution in [2.24, 2.45) is 0 Å². The fourth-order valence-electron chi connectivity index (χ4n) is 2.13. The van der Waals surface area contributed by atoms with Gasteiger partial charge < -0.3 is 9.57 Å². The molecular weight excluding hydrogens is 305 g/mol. The van der Waals surface area contributed by atoms with Gasteiger partial charge in [0.25, 0.3) is 0 Å². The third kappa shape index (κ3) is 2.60. The molecular formula is C12H15BrClNO2. The molecule has 2 atom stereocenters. The van der Waals surface area contributed by atoms with E-state index in [-0.39, 0.29) is 12.1 Å². The van der Waals surface area contributed by atoms with Crippen molar-refractivity contribution in [3.05, 3.63) is 27.2 Å². The van der Waals surface area contributed by atoms with Crippen molar-refractivity contribution in [2.75, 3.05) is 7.11 Å². The number of halogens is 2. The third-order valence-corrected chi connectivity index (χ3v) is 3.64. The SMILES string of the molecule is CCCC1Oc2c(Br)cc(Cl)cc2C1NOC. The van der Waals surface area contributed by atoms with E-state index in [0.29, 0.717) is 5.02 Å². The number of hydrogen-bond donors (Lipinski definition) is 1. The zero-order valence-electron chi connectivity index (χ0n) is 9.80. The summed E-state index contributed by atoms with van der Waals surface area (Å²) in [7, 11) is 1.61. The summed E-state index contributed by atoms with van der Waals surface area (Å²) in [5.41, 5.74) is 4.03. The molecule has 0 fully saturated rings. The Morgan fingerprint density at radius 2 is 2.29 bits per heavy atom. The van der Waals surface area contributed by atoms with Gasteiger partial charge in [-0.05, 0) is 34.5 Å². The highest BCUT2D eigenvalue weighted by Crippen LogP contribution is 2.44. The quantitative estimate of drug-likeness (QED) is 0.855. The summed E-state index contributed by atoms with van der Waals surface area (Å²) in [6, 6.07) is 3.80. The number of benzene rings is 1. The maximum Gasteiger partial charge on any atom is 0.139 e. The van der Waals surface area contributed by atoms with Gasteiger partial charge in [0, 0.05) is 10.6 Å². The smallest absolute Gasteiger partial charge is 0.139 e. The molecule has 1 aromatic carbocycles. The van der Waals surface area contributed by atoms with Crippen molar-refractivity contribution in [3.8, 4) is 5.75 Å². The highest BCUT2D eigenvalue weighted by atomic mass is 79.9. The van der Waals surface area contributed by atoms with E-state index in [0.717, 1.165) is 28.6 Å². The highest BCUT2D eigenvalue weighted by molar-refractivity contribution is 9.10.